The molecule has 0 unspecified atom stereocenters. The SMILES string of the molecule is CCCCC/C=C\C[C@@H](O)[C@H]1COC(C)(C)O1. The highest BCUT2D eigenvalue weighted by atomic mass is 16.7. The van der Waals surface area contributed by atoms with Gasteiger partial charge in [0.05, 0.1) is 12.7 Å². The van der Waals surface area contributed by atoms with Crippen LogP contribution in [0.5, 0.6) is 0 Å². The molecule has 0 aromatic carbocycles. The summed E-state index contributed by atoms with van der Waals surface area (Å²) in [4.78, 5) is 0. The van der Waals surface area contributed by atoms with Gasteiger partial charge in [0.2, 0.25) is 0 Å². The minimum Gasteiger partial charge on any atom is -0.390 e. The summed E-state index contributed by atoms with van der Waals surface area (Å²) in [6.07, 6.45) is 9.07. The van der Waals surface area contributed by atoms with Crippen molar-refractivity contribution in [1.29, 1.82) is 0 Å². The van der Waals surface area contributed by atoms with E-state index < -0.39 is 11.9 Å². The summed E-state index contributed by atoms with van der Waals surface area (Å²) < 4.78 is 11.0. The number of hydrogen-bond donors (Lipinski definition) is 1. The average Bonchev–Trinajstić information content (AvgIpc) is 2.64. The third-order valence-electron chi connectivity index (χ3n) is 2.98. The zero-order chi connectivity index (χ0) is 12.7. The van der Waals surface area contributed by atoms with Crippen LogP contribution in [-0.4, -0.2) is 29.7 Å². The second-order valence-corrected chi connectivity index (χ2v) is 5.14. The van der Waals surface area contributed by atoms with Gasteiger partial charge in [-0.1, -0.05) is 31.9 Å². The predicted molar refractivity (Wildman–Crippen MR) is 68.8 cm³/mol. The first-order chi connectivity index (χ1) is 8.05. The number of rotatable bonds is 7. The first-order valence-electron chi connectivity index (χ1n) is 6.70. The van der Waals surface area contributed by atoms with Gasteiger partial charge in [0.1, 0.15) is 6.10 Å². The lowest BCUT2D eigenvalue weighted by Crippen LogP contribution is -2.30. The minimum atomic E-state index is -0.545. The van der Waals surface area contributed by atoms with Crippen molar-refractivity contribution in [3.8, 4) is 0 Å². The Morgan fingerprint density at radius 1 is 1.35 bits per heavy atom. The van der Waals surface area contributed by atoms with Gasteiger partial charge >= 0.3 is 0 Å². The van der Waals surface area contributed by atoms with Crippen molar-refractivity contribution in [2.24, 2.45) is 0 Å². The van der Waals surface area contributed by atoms with E-state index in [1.54, 1.807) is 0 Å². The summed E-state index contributed by atoms with van der Waals surface area (Å²) in [7, 11) is 0. The zero-order valence-electron chi connectivity index (χ0n) is 11.3. The summed E-state index contributed by atoms with van der Waals surface area (Å²) in [6, 6.07) is 0. The van der Waals surface area contributed by atoms with Gasteiger partial charge < -0.3 is 14.6 Å². The Morgan fingerprint density at radius 2 is 2.12 bits per heavy atom. The van der Waals surface area contributed by atoms with Crippen molar-refractivity contribution >= 4 is 0 Å². The van der Waals surface area contributed by atoms with E-state index in [-0.39, 0.29) is 6.10 Å². The lowest BCUT2D eigenvalue weighted by Gasteiger charge is -2.19. The first-order valence-corrected chi connectivity index (χ1v) is 6.70. The Hall–Kier alpha value is -0.380. The van der Waals surface area contributed by atoms with E-state index in [1.807, 2.05) is 13.8 Å². The number of unbranched alkanes of at least 4 members (excludes halogenated alkanes) is 3. The van der Waals surface area contributed by atoms with Crippen molar-refractivity contribution in [3.05, 3.63) is 12.2 Å². The van der Waals surface area contributed by atoms with Gasteiger partial charge in [-0.15, -0.1) is 0 Å². The van der Waals surface area contributed by atoms with Crippen LogP contribution in [-0.2, 0) is 9.47 Å². The van der Waals surface area contributed by atoms with Crippen LogP contribution < -0.4 is 0 Å². The van der Waals surface area contributed by atoms with Gasteiger partial charge in [-0.2, -0.15) is 0 Å². The molecule has 1 fully saturated rings. The van der Waals surface area contributed by atoms with E-state index in [2.05, 4.69) is 19.1 Å². The molecule has 1 heterocycles. The smallest absolute Gasteiger partial charge is 0.163 e. The maximum absolute atomic E-state index is 9.93. The predicted octanol–water partition coefficient (Wildman–Crippen LogP) is 3.03. The Labute approximate surface area is 105 Å². The van der Waals surface area contributed by atoms with Gasteiger partial charge in [0.25, 0.3) is 0 Å². The van der Waals surface area contributed by atoms with Gasteiger partial charge in [0.15, 0.2) is 5.79 Å². The molecule has 0 aromatic heterocycles. The molecule has 0 radical (unpaired) electrons. The van der Waals surface area contributed by atoms with E-state index in [1.165, 1.54) is 19.3 Å². The number of aliphatic hydroxyl groups is 1. The van der Waals surface area contributed by atoms with E-state index in [0.29, 0.717) is 13.0 Å². The molecule has 1 N–H and O–H groups in total. The normalized spacial score (nSPS) is 25.5. The third-order valence-corrected chi connectivity index (χ3v) is 2.98. The highest BCUT2D eigenvalue weighted by Gasteiger charge is 2.36. The molecule has 2 atom stereocenters. The lowest BCUT2D eigenvalue weighted by molar-refractivity contribution is -0.150. The maximum atomic E-state index is 9.93. The molecule has 1 rings (SSSR count). The number of allylic oxidation sites excluding steroid dienone is 1. The van der Waals surface area contributed by atoms with Gasteiger partial charge in [-0.05, 0) is 33.1 Å². The molecule has 17 heavy (non-hydrogen) atoms. The molecular formula is C14H26O3. The molecule has 3 heteroatoms. The molecule has 0 aromatic rings. The van der Waals surface area contributed by atoms with E-state index in [0.717, 1.165) is 6.42 Å². The summed E-state index contributed by atoms with van der Waals surface area (Å²) in [6.45, 7) is 6.44. The monoisotopic (exact) mass is 242 g/mol. The van der Waals surface area contributed by atoms with Crippen LogP contribution in [0.1, 0.15) is 52.9 Å². The molecule has 0 amide bonds. The van der Waals surface area contributed by atoms with E-state index in [9.17, 15) is 5.11 Å². The van der Waals surface area contributed by atoms with Gasteiger partial charge in [-0.3, -0.25) is 0 Å². The largest absolute Gasteiger partial charge is 0.390 e. The second-order valence-electron chi connectivity index (χ2n) is 5.14. The van der Waals surface area contributed by atoms with Crippen LogP contribution in [0.15, 0.2) is 12.2 Å². The zero-order valence-corrected chi connectivity index (χ0v) is 11.3. The minimum absolute atomic E-state index is 0.190. The average molecular weight is 242 g/mol. The molecule has 1 saturated heterocycles. The highest BCUT2D eigenvalue weighted by molar-refractivity contribution is 4.88. The van der Waals surface area contributed by atoms with Crippen molar-refractivity contribution in [3.63, 3.8) is 0 Å². The lowest BCUT2D eigenvalue weighted by atomic mass is 10.1. The van der Waals surface area contributed by atoms with Gasteiger partial charge in [-0.25, -0.2) is 0 Å². The molecule has 0 aliphatic carbocycles. The summed E-state index contributed by atoms with van der Waals surface area (Å²) >= 11 is 0. The van der Waals surface area contributed by atoms with E-state index >= 15 is 0 Å². The van der Waals surface area contributed by atoms with Crippen molar-refractivity contribution in [2.45, 2.75) is 70.9 Å². The van der Waals surface area contributed by atoms with E-state index in [4.69, 9.17) is 9.47 Å². The summed E-state index contributed by atoms with van der Waals surface area (Å²) in [5, 5.41) is 9.93. The van der Waals surface area contributed by atoms with Crippen LogP contribution in [0.25, 0.3) is 0 Å². The van der Waals surface area contributed by atoms with Crippen LogP contribution in [0.2, 0.25) is 0 Å². The maximum Gasteiger partial charge on any atom is 0.163 e. The summed E-state index contributed by atoms with van der Waals surface area (Å²) in [5.74, 6) is -0.545. The molecule has 0 bridgehead atoms. The Kier molecular flexibility index (Phi) is 6.17. The molecule has 3 nitrogen and oxygen atoms in total. The van der Waals surface area contributed by atoms with Crippen LogP contribution in [0.3, 0.4) is 0 Å². The number of ether oxygens (including phenoxy) is 2. The molecule has 1 aliphatic rings. The summed E-state index contributed by atoms with van der Waals surface area (Å²) in [5.41, 5.74) is 0. The van der Waals surface area contributed by atoms with Crippen molar-refractivity contribution in [1.82, 2.24) is 0 Å². The number of hydrogen-bond acceptors (Lipinski definition) is 3. The van der Waals surface area contributed by atoms with Gasteiger partial charge in [0, 0.05) is 0 Å². The van der Waals surface area contributed by atoms with Crippen molar-refractivity contribution < 1.29 is 14.6 Å². The molecule has 1 aliphatic heterocycles. The highest BCUT2D eigenvalue weighted by Crippen LogP contribution is 2.25. The fraction of sp³-hybridized carbons (Fsp3) is 0.857. The fourth-order valence-corrected chi connectivity index (χ4v) is 1.92. The van der Waals surface area contributed by atoms with Crippen LogP contribution >= 0.6 is 0 Å². The third kappa shape index (κ3) is 5.66. The topological polar surface area (TPSA) is 38.7 Å². The van der Waals surface area contributed by atoms with Crippen LogP contribution in [0, 0.1) is 0 Å². The standard InChI is InChI=1S/C14H26O3/c1-4-5-6-7-8-9-10-12(15)13-11-16-14(2,3)17-13/h8-9,12-13,15H,4-7,10-11H2,1-3H3/b9-8-/t12-,13-/m1/s1. The fourth-order valence-electron chi connectivity index (χ4n) is 1.92. The Balaban J connectivity index is 2.15. The molecule has 0 saturated carbocycles. The Morgan fingerprint density at radius 3 is 2.71 bits per heavy atom. The van der Waals surface area contributed by atoms with Crippen LogP contribution in [0.4, 0.5) is 0 Å². The number of aliphatic hydroxyl groups excluding tert-OH is 1. The molecule has 100 valence electrons. The quantitative estimate of drug-likeness (QED) is 0.551. The first kappa shape index (κ1) is 14.7. The molecular weight excluding hydrogens is 216 g/mol. The second kappa shape index (κ2) is 7.14. The molecule has 0 spiro atoms. The van der Waals surface area contributed by atoms with Crippen molar-refractivity contribution in [2.75, 3.05) is 6.61 Å². The Bertz CT molecular complexity index is 236.